The zero-order chi connectivity index (χ0) is 13.6. The van der Waals surface area contributed by atoms with Crippen LogP contribution in [-0.2, 0) is 9.47 Å². The van der Waals surface area contributed by atoms with Crippen LogP contribution in [0.3, 0.4) is 0 Å². The first kappa shape index (κ1) is 13.4. The molecule has 0 amide bonds. The molecule has 1 atom stereocenters. The van der Waals surface area contributed by atoms with Gasteiger partial charge >= 0.3 is 5.97 Å². The highest BCUT2D eigenvalue weighted by Gasteiger charge is 2.48. The van der Waals surface area contributed by atoms with Gasteiger partial charge in [-0.2, -0.15) is 0 Å². The first-order chi connectivity index (χ1) is 8.21. The lowest BCUT2D eigenvalue weighted by Gasteiger charge is -2.26. The standard InChI is InChI=1S/C13H19NO3S/c1-12(2)7-9(13(3,4)17-12)16-11(15)10-8(14)5-6-18-10/h5-6,9H,7,14H2,1-4H3. The number of hydrogen-bond donors (Lipinski definition) is 1. The summed E-state index contributed by atoms with van der Waals surface area (Å²) in [6.45, 7) is 7.89. The van der Waals surface area contributed by atoms with Crippen molar-refractivity contribution in [2.24, 2.45) is 0 Å². The molecular weight excluding hydrogens is 250 g/mol. The molecule has 5 heteroatoms. The maximum Gasteiger partial charge on any atom is 0.350 e. The Balaban J connectivity index is 2.11. The van der Waals surface area contributed by atoms with Crippen LogP contribution in [0.25, 0.3) is 0 Å². The zero-order valence-electron chi connectivity index (χ0n) is 11.1. The number of carbonyl (C=O) groups excluding carboxylic acids is 1. The number of ether oxygens (including phenoxy) is 2. The van der Waals surface area contributed by atoms with Gasteiger partial charge in [-0.05, 0) is 39.1 Å². The topological polar surface area (TPSA) is 61.5 Å². The molecule has 1 saturated heterocycles. The number of thiophene rings is 1. The van der Waals surface area contributed by atoms with E-state index in [9.17, 15) is 4.79 Å². The van der Waals surface area contributed by atoms with Crippen molar-refractivity contribution >= 4 is 23.0 Å². The van der Waals surface area contributed by atoms with Crippen molar-refractivity contribution in [3.05, 3.63) is 16.3 Å². The van der Waals surface area contributed by atoms with Gasteiger partial charge in [-0.3, -0.25) is 0 Å². The number of nitrogen functional groups attached to an aromatic ring is 1. The zero-order valence-corrected chi connectivity index (χ0v) is 12.0. The Bertz CT molecular complexity index is 465. The summed E-state index contributed by atoms with van der Waals surface area (Å²) in [6.07, 6.45) is 0.443. The van der Waals surface area contributed by atoms with Gasteiger partial charge in [0, 0.05) is 6.42 Å². The van der Waals surface area contributed by atoms with Gasteiger partial charge in [0.2, 0.25) is 0 Å². The minimum Gasteiger partial charge on any atom is -0.455 e. The third-order valence-electron chi connectivity index (χ3n) is 3.12. The fraction of sp³-hybridized carbons (Fsp3) is 0.615. The van der Waals surface area contributed by atoms with Crippen molar-refractivity contribution in [3.8, 4) is 0 Å². The maximum atomic E-state index is 12.0. The molecule has 2 rings (SSSR count). The normalized spacial score (nSPS) is 25.0. The lowest BCUT2D eigenvalue weighted by atomic mass is 9.97. The molecule has 0 bridgehead atoms. The van der Waals surface area contributed by atoms with E-state index in [0.29, 0.717) is 17.0 Å². The van der Waals surface area contributed by atoms with E-state index in [1.807, 2.05) is 27.7 Å². The predicted octanol–water partition coefficient (Wildman–Crippen LogP) is 2.83. The Morgan fingerprint density at radius 1 is 1.50 bits per heavy atom. The van der Waals surface area contributed by atoms with E-state index in [2.05, 4.69) is 0 Å². The average Bonchev–Trinajstić information content (AvgIpc) is 2.68. The number of nitrogens with two attached hydrogens (primary N) is 1. The fourth-order valence-electron chi connectivity index (χ4n) is 2.36. The molecule has 0 spiro atoms. The van der Waals surface area contributed by atoms with Crippen LogP contribution < -0.4 is 5.73 Å². The predicted molar refractivity (Wildman–Crippen MR) is 71.8 cm³/mol. The van der Waals surface area contributed by atoms with Crippen LogP contribution in [0.15, 0.2) is 11.4 Å². The van der Waals surface area contributed by atoms with Crippen LogP contribution in [0.1, 0.15) is 43.8 Å². The summed E-state index contributed by atoms with van der Waals surface area (Å²) >= 11 is 1.30. The second-order valence-corrected chi connectivity index (χ2v) is 6.68. The van der Waals surface area contributed by atoms with Crippen LogP contribution in [-0.4, -0.2) is 23.3 Å². The molecule has 1 aliphatic heterocycles. The van der Waals surface area contributed by atoms with Gasteiger partial charge in [-0.1, -0.05) is 0 Å². The first-order valence-electron chi connectivity index (χ1n) is 5.95. The highest BCUT2D eigenvalue weighted by atomic mass is 32.1. The molecule has 1 fully saturated rings. The van der Waals surface area contributed by atoms with E-state index in [0.717, 1.165) is 0 Å². The molecule has 0 radical (unpaired) electrons. The van der Waals surface area contributed by atoms with Gasteiger partial charge in [0.15, 0.2) is 0 Å². The molecule has 0 saturated carbocycles. The number of rotatable bonds is 2. The molecule has 100 valence electrons. The monoisotopic (exact) mass is 269 g/mol. The number of esters is 1. The minimum absolute atomic E-state index is 0.249. The quantitative estimate of drug-likeness (QED) is 0.839. The molecule has 1 unspecified atom stereocenters. The van der Waals surface area contributed by atoms with E-state index in [1.165, 1.54) is 11.3 Å². The molecule has 1 aromatic rings. The lowest BCUT2D eigenvalue weighted by Crippen LogP contribution is -2.36. The first-order valence-corrected chi connectivity index (χ1v) is 6.83. The van der Waals surface area contributed by atoms with Gasteiger partial charge in [0.25, 0.3) is 0 Å². The summed E-state index contributed by atoms with van der Waals surface area (Å²) in [5.41, 5.74) is 5.45. The van der Waals surface area contributed by atoms with Gasteiger partial charge in [-0.25, -0.2) is 4.79 Å². The smallest absolute Gasteiger partial charge is 0.350 e. The molecule has 2 N–H and O–H groups in total. The van der Waals surface area contributed by atoms with Gasteiger partial charge in [0.05, 0.1) is 11.3 Å². The molecule has 2 heterocycles. The Kier molecular flexibility index (Phi) is 3.15. The summed E-state index contributed by atoms with van der Waals surface area (Å²) in [4.78, 5) is 12.5. The minimum atomic E-state index is -0.467. The highest BCUT2D eigenvalue weighted by molar-refractivity contribution is 7.12. The van der Waals surface area contributed by atoms with Gasteiger partial charge in [-0.15, -0.1) is 11.3 Å². The van der Waals surface area contributed by atoms with E-state index in [-0.39, 0.29) is 17.7 Å². The molecule has 1 aliphatic rings. The number of hydrogen-bond acceptors (Lipinski definition) is 5. The summed E-state index contributed by atoms with van der Waals surface area (Å²) in [5, 5.41) is 1.78. The van der Waals surface area contributed by atoms with E-state index in [4.69, 9.17) is 15.2 Å². The fourth-order valence-corrected chi connectivity index (χ4v) is 3.06. The Hall–Kier alpha value is -1.07. The highest BCUT2D eigenvalue weighted by Crippen LogP contribution is 2.39. The van der Waals surface area contributed by atoms with E-state index < -0.39 is 5.60 Å². The second-order valence-electron chi connectivity index (χ2n) is 5.77. The molecule has 1 aromatic heterocycles. The Labute approximate surface area is 111 Å². The SMILES string of the molecule is CC1(C)CC(OC(=O)c2sccc2N)C(C)(C)O1. The van der Waals surface area contributed by atoms with Crippen molar-refractivity contribution in [2.75, 3.05) is 5.73 Å². The van der Waals surface area contributed by atoms with Crippen molar-refractivity contribution in [1.82, 2.24) is 0 Å². The maximum absolute atomic E-state index is 12.0. The molecule has 18 heavy (non-hydrogen) atoms. The lowest BCUT2D eigenvalue weighted by molar-refractivity contribution is -0.0923. The van der Waals surface area contributed by atoms with E-state index in [1.54, 1.807) is 11.4 Å². The largest absolute Gasteiger partial charge is 0.455 e. The third kappa shape index (κ3) is 2.52. The third-order valence-corrected chi connectivity index (χ3v) is 4.03. The van der Waals surface area contributed by atoms with Gasteiger partial charge < -0.3 is 15.2 Å². The summed E-state index contributed by atoms with van der Waals surface area (Å²) in [5.74, 6) is -0.359. The number of carbonyl (C=O) groups is 1. The molecular formula is C13H19NO3S. The van der Waals surface area contributed by atoms with Crippen LogP contribution in [0.5, 0.6) is 0 Å². The van der Waals surface area contributed by atoms with Crippen molar-refractivity contribution in [2.45, 2.75) is 51.4 Å². The summed E-state index contributed by atoms with van der Waals surface area (Å²) < 4.78 is 11.4. The Morgan fingerprint density at radius 2 is 2.17 bits per heavy atom. The van der Waals surface area contributed by atoms with E-state index >= 15 is 0 Å². The second kappa shape index (κ2) is 4.24. The van der Waals surface area contributed by atoms with Crippen LogP contribution >= 0.6 is 11.3 Å². The van der Waals surface area contributed by atoms with Crippen molar-refractivity contribution < 1.29 is 14.3 Å². The van der Waals surface area contributed by atoms with Crippen LogP contribution in [0.4, 0.5) is 5.69 Å². The van der Waals surface area contributed by atoms with Crippen LogP contribution in [0, 0.1) is 0 Å². The Morgan fingerprint density at radius 3 is 2.61 bits per heavy atom. The summed E-state index contributed by atoms with van der Waals surface area (Å²) in [7, 11) is 0. The number of anilines is 1. The molecule has 0 aromatic carbocycles. The van der Waals surface area contributed by atoms with Crippen LogP contribution in [0.2, 0.25) is 0 Å². The molecule has 0 aliphatic carbocycles. The molecule has 4 nitrogen and oxygen atoms in total. The average molecular weight is 269 g/mol. The van der Waals surface area contributed by atoms with Gasteiger partial charge in [0.1, 0.15) is 16.6 Å². The van der Waals surface area contributed by atoms with Crippen molar-refractivity contribution in [3.63, 3.8) is 0 Å². The summed E-state index contributed by atoms with van der Waals surface area (Å²) in [6, 6.07) is 1.71. The van der Waals surface area contributed by atoms with Crippen molar-refractivity contribution in [1.29, 1.82) is 0 Å².